The number of methoxy groups -OCH3 is 2. The molecule has 2 aromatic heterocycles. The van der Waals surface area contributed by atoms with Gasteiger partial charge >= 0.3 is 12.2 Å². The van der Waals surface area contributed by atoms with E-state index < -0.39 is 30.3 Å². The molecule has 2 saturated heterocycles. The molecule has 0 aliphatic carbocycles. The normalized spacial score (nSPS) is 21.6. The highest BCUT2D eigenvalue weighted by atomic mass is 16.5. The molecule has 16 heteroatoms. The van der Waals surface area contributed by atoms with Gasteiger partial charge in [0, 0.05) is 23.0 Å². The van der Waals surface area contributed by atoms with Gasteiger partial charge in [0.15, 0.2) is 6.21 Å². The monoisotopic (exact) mass is 847 g/mol. The highest BCUT2D eigenvalue weighted by Gasteiger charge is 2.43. The zero-order valence-electron chi connectivity index (χ0n) is 36.2. The molecule has 8 atom stereocenters. The second-order valence-corrected chi connectivity index (χ2v) is 16.9. The predicted octanol–water partition coefficient (Wildman–Crippen LogP) is 5.46. The van der Waals surface area contributed by atoms with Gasteiger partial charge in [-0.2, -0.15) is 4.79 Å². The van der Waals surface area contributed by atoms with Crippen molar-refractivity contribution < 1.29 is 43.5 Å². The highest BCUT2D eigenvalue weighted by Crippen LogP contribution is 2.44. The highest BCUT2D eigenvalue weighted by molar-refractivity contribution is 6.07. The molecule has 5 heterocycles. The van der Waals surface area contributed by atoms with E-state index in [1.807, 2.05) is 50.9 Å². The van der Waals surface area contributed by atoms with E-state index in [0.717, 1.165) is 74.8 Å². The first-order valence-corrected chi connectivity index (χ1v) is 21.4. The number of imidazole rings is 2. The van der Waals surface area contributed by atoms with E-state index in [1.165, 1.54) is 27.4 Å². The number of ether oxygens (including phenoxy) is 3. The fourth-order valence-electron chi connectivity index (χ4n) is 9.37. The molecule has 3 aliphatic heterocycles. The van der Waals surface area contributed by atoms with Crippen molar-refractivity contribution in [3.05, 3.63) is 65.9 Å². The number of carbonyl (C=O) groups is 4. The zero-order chi connectivity index (χ0) is 44.0. The molecule has 0 saturated carbocycles. The van der Waals surface area contributed by atoms with Gasteiger partial charge in [-0.25, -0.2) is 14.8 Å². The molecule has 5 aromatic rings. The van der Waals surface area contributed by atoms with Crippen molar-refractivity contribution >= 4 is 52.0 Å². The number of aliphatic hydroxyl groups is 1. The Kier molecular flexibility index (Phi) is 11.8. The van der Waals surface area contributed by atoms with Crippen LogP contribution in [0.25, 0.3) is 44.2 Å². The summed E-state index contributed by atoms with van der Waals surface area (Å²) in [4.78, 5) is 74.8. The standard InChI is InChI=1S/C46H54N8O8/c1-8-23(2)39(52-46(59)61-7)44(57)54-25(4)9-15-36(54)41-47-21-35(50-41)28-11-13-30-29(17-28)22-62-38-19-31-27(18-32(30)38)12-14-34-40(31)51-42(49-34)37-16-10-24(3)53(37)43(56)33(26(5)55)20-48-45(58)60-6/h11-14,17-21,23-26,33,36-37,39,55H,8-10,15-16,22H2,1-7H3,(H,47,50)(H,49,51)(H,52,59)/p+1/b48-20+/t23-,24-,25-,26+,33?,36-,37-,39-/m0/s1. The molecule has 0 bridgehead atoms. The smallest absolute Gasteiger partial charge is 0.488 e. The molecule has 2 fully saturated rings. The first-order chi connectivity index (χ1) is 29.8. The van der Waals surface area contributed by atoms with Crippen molar-refractivity contribution in [1.82, 2.24) is 35.1 Å². The number of nitrogens with one attached hydrogen (secondary N) is 4. The lowest BCUT2D eigenvalue weighted by molar-refractivity contribution is -0.364. The Balaban J connectivity index is 1.04. The first-order valence-electron chi connectivity index (χ1n) is 21.4. The Hall–Kier alpha value is -6.29. The maximum atomic E-state index is 14.0. The van der Waals surface area contributed by atoms with Gasteiger partial charge in [-0.15, -0.1) is 4.99 Å². The van der Waals surface area contributed by atoms with Gasteiger partial charge < -0.3 is 44.4 Å². The summed E-state index contributed by atoms with van der Waals surface area (Å²) in [6.07, 6.45) is 4.43. The number of aliphatic hydroxyl groups excluding tert-OH is 1. The number of likely N-dealkylation sites (tertiary alicyclic amines) is 2. The minimum atomic E-state index is -1.04. The number of hydrogen-bond acceptors (Lipinski definition) is 10. The van der Waals surface area contributed by atoms with E-state index in [1.54, 1.807) is 4.90 Å². The maximum absolute atomic E-state index is 14.0. The maximum Gasteiger partial charge on any atom is 0.594 e. The third kappa shape index (κ3) is 7.76. The van der Waals surface area contributed by atoms with Gasteiger partial charge in [-0.05, 0) is 98.7 Å². The molecule has 3 aliphatic rings. The van der Waals surface area contributed by atoms with Crippen LogP contribution in [0.15, 0.2) is 48.7 Å². The minimum absolute atomic E-state index is 0.0230. The topological polar surface area (TPSA) is 206 Å². The summed E-state index contributed by atoms with van der Waals surface area (Å²) in [5, 5.41) is 15.2. The van der Waals surface area contributed by atoms with Crippen LogP contribution in [-0.2, 0) is 25.7 Å². The summed E-state index contributed by atoms with van der Waals surface area (Å²) in [7, 11) is 2.53. The SMILES string of the molecule is CC[C@H](C)[C@H](NC(=O)OC)C(=O)N1[C@@H](C)CC[C@H]1c1ncc(-c2ccc3c(c2)COc2cc4c(ccc5[nH]c([C@@H]6CC[C@H](C)N6C(=O)C(/C=[NH+]/C(=O)OC)[C@@H](C)O)nc54)cc2-3)[nH]1. The van der Waals surface area contributed by atoms with Crippen LogP contribution in [0.1, 0.15) is 96.0 Å². The Morgan fingerprint density at radius 3 is 2.35 bits per heavy atom. The van der Waals surface area contributed by atoms with Crippen molar-refractivity contribution in [2.45, 2.75) is 110 Å². The summed E-state index contributed by atoms with van der Waals surface area (Å²) < 4.78 is 15.9. The molecule has 3 aromatic carbocycles. The fraction of sp³-hybridized carbons (Fsp3) is 0.457. The third-order valence-corrected chi connectivity index (χ3v) is 13.1. The number of fused-ring (bicyclic) bond motifs is 6. The number of carbonyl (C=O) groups excluding carboxylic acids is 4. The number of H-pyrrole nitrogens is 2. The van der Waals surface area contributed by atoms with Gasteiger partial charge in [0.25, 0.3) is 0 Å². The second-order valence-electron chi connectivity index (χ2n) is 16.9. The Morgan fingerprint density at radius 1 is 0.935 bits per heavy atom. The summed E-state index contributed by atoms with van der Waals surface area (Å²) >= 11 is 0. The molecule has 4 amide bonds. The predicted molar refractivity (Wildman–Crippen MR) is 231 cm³/mol. The number of hydrogen-bond donors (Lipinski definition) is 5. The van der Waals surface area contributed by atoms with Gasteiger partial charge in [0.05, 0.1) is 55.3 Å². The molecule has 0 spiro atoms. The number of amides is 4. The van der Waals surface area contributed by atoms with Crippen LogP contribution >= 0.6 is 0 Å². The van der Waals surface area contributed by atoms with Crippen molar-refractivity contribution in [2.24, 2.45) is 11.8 Å². The van der Waals surface area contributed by atoms with E-state index in [0.29, 0.717) is 31.1 Å². The summed E-state index contributed by atoms with van der Waals surface area (Å²) in [6.45, 7) is 9.85. The lowest BCUT2D eigenvalue weighted by Crippen LogP contribution is -2.75. The molecular weight excluding hydrogens is 793 g/mol. The number of rotatable bonds is 10. The number of aromatic nitrogens is 4. The summed E-state index contributed by atoms with van der Waals surface area (Å²) in [6, 6.07) is 13.1. The van der Waals surface area contributed by atoms with Gasteiger partial charge in [0.2, 0.25) is 11.8 Å². The van der Waals surface area contributed by atoms with Crippen molar-refractivity contribution in [1.29, 1.82) is 0 Å². The van der Waals surface area contributed by atoms with Crippen LogP contribution in [0.3, 0.4) is 0 Å². The molecule has 16 nitrogen and oxygen atoms in total. The quantitative estimate of drug-likeness (QED) is 0.112. The number of nitrogens with zero attached hydrogens (tertiary/aromatic N) is 4. The summed E-state index contributed by atoms with van der Waals surface area (Å²) in [5.74, 6) is 0.597. The lowest BCUT2D eigenvalue weighted by atomic mass is 9.92. The Morgan fingerprint density at radius 2 is 1.66 bits per heavy atom. The van der Waals surface area contributed by atoms with Crippen LogP contribution in [-0.4, -0.2) is 104 Å². The molecule has 8 rings (SSSR count). The summed E-state index contributed by atoms with van der Waals surface area (Å²) in [5.41, 5.74) is 6.44. The Labute approximate surface area is 359 Å². The van der Waals surface area contributed by atoms with Crippen LogP contribution in [0, 0.1) is 11.8 Å². The van der Waals surface area contributed by atoms with Crippen LogP contribution in [0.4, 0.5) is 9.59 Å². The largest absolute Gasteiger partial charge is 0.594 e. The second kappa shape index (κ2) is 17.2. The number of aromatic amines is 2. The van der Waals surface area contributed by atoms with E-state index in [-0.39, 0.29) is 41.9 Å². The van der Waals surface area contributed by atoms with Crippen LogP contribution in [0.2, 0.25) is 0 Å². The van der Waals surface area contributed by atoms with Crippen LogP contribution in [0.5, 0.6) is 5.75 Å². The van der Waals surface area contributed by atoms with Crippen molar-refractivity contribution in [3.8, 4) is 28.1 Å². The third-order valence-electron chi connectivity index (χ3n) is 13.1. The molecule has 5 N–H and O–H groups in total. The minimum Gasteiger partial charge on any atom is -0.488 e. The number of benzene rings is 3. The molecule has 326 valence electrons. The van der Waals surface area contributed by atoms with Gasteiger partial charge in [0.1, 0.15) is 36.0 Å². The van der Waals surface area contributed by atoms with Crippen molar-refractivity contribution in [3.63, 3.8) is 0 Å². The fourth-order valence-corrected chi connectivity index (χ4v) is 9.37. The molecule has 0 radical (unpaired) electrons. The molecular formula is C46H55N8O8+. The molecule has 62 heavy (non-hydrogen) atoms. The van der Waals surface area contributed by atoms with E-state index in [9.17, 15) is 24.3 Å². The van der Waals surface area contributed by atoms with E-state index >= 15 is 0 Å². The van der Waals surface area contributed by atoms with E-state index in [4.69, 9.17) is 19.4 Å². The van der Waals surface area contributed by atoms with Crippen molar-refractivity contribution in [2.75, 3.05) is 14.2 Å². The Bertz CT molecular complexity index is 2560. The average Bonchev–Trinajstić information content (AvgIpc) is 4.09. The average molecular weight is 848 g/mol. The first kappa shape index (κ1) is 42.4. The van der Waals surface area contributed by atoms with Crippen LogP contribution < -0.4 is 15.0 Å². The van der Waals surface area contributed by atoms with E-state index in [2.05, 4.69) is 55.3 Å². The molecule has 1 unspecified atom stereocenters. The van der Waals surface area contributed by atoms with Gasteiger partial charge in [-0.3, -0.25) is 9.59 Å². The zero-order valence-corrected chi connectivity index (χ0v) is 36.2. The van der Waals surface area contributed by atoms with Gasteiger partial charge in [-0.1, -0.05) is 38.5 Å². The number of alkyl carbamates (subject to hydrolysis) is 1. The lowest BCUT2D eigenvalue weighted by Gasteiger charge is -2.33.